The van der Waals surface area contributed by atoms with E-state index in [0.717, 1.165) is 18.7 Å². The van der Waals surface area contributed by atoms with Crippen LogP contribution in [0.25, 0.3) is 0 Å². The number of hydrogen-bond acceptors (Lipinski definition) is 3. The van der Waals surface area contributed by atoms with Crippen molar-refractivity contribution in [1.82, 2.24) is 9.80 Å². The average Bonchev–Trinajstić information content (AvgIpc) is 2.64. The van der Waals surface area contributed by atoms with Crippen LogP contribution in [0.1, 0.15) is 40.0 Å². The molecule has 1 fully saturated rings. The van der Waals surface area contributed by atoms with Gasteiger partial charge in [-0.3, -0.25) is 4.79 Å². The van der Waals surface area contributed by atoms with Crippen LogP contribution in [0.4, 0.5) is 0 Å². The van der Waals surface area contributed by atoms with E-state index in [0.29, 0.717) is 24.5 Å². The minimum Gasteiger partial charge on any atom is -0.356 e. The number of carbonyl (C=O) groups is 1. The van der Waals surface area contributed by atoms with Crippen molar-refractivity contribution in [1.29, 1.82) is 0 Å². The predicted octanol–water partition coefficient (Wildman–Crippen LogP) is 2.64. The molecule has 2 rings (SSSR count). The number of amides is 1. The highest BCUT2D eigenvalue weighted by molar-refractivity contribution is 8.02. The molecule has 0 aromatic rings. The van der Waals surface area contributed by atoms with Crippen LogP contribution >= 0.6 is 11.8 Å². The van der Waals surface area contributed by atoms with Gasteiger partial charge in [0.1, 0.15) is 0 Å². The second-order valence-electron chi connectivity index (χ2n) is 5.18. The molecule has 3 nitrogen and oxygen atoms in total. The van der Waals surface area contributed by atoms with Crippen molar-refractivity contribution in [2.75, 3.05) is 12.4 Å². The van der Waals surface area contributed by atoms with Crippen LogP contribution in [0.2, 0.25) is 0 Å². The minimum absolute atomic E-state index is 0.292. The first-order chi connectivity index (χ1) is 8.09. The molecule has 2 heterocycles. The van der Waals surface area contributed by atoms with Gasteiger partial charge in [-0.05, 0) is 45.4 Å². The third-order valence-corrected chi connectivity index (χ3v) is 4.76. The Morgan fingerprint density at radius 3 is 2.59 bits per heavy atom. The van der Waals surface area contributed by atoms with Gasteiger partial charge in [-0.1, -0.05) is 0 Å². The Bertz CT molecular complexity index is 319. The Labute approximate surface area is 108 Å². The molecule has 1 amide bonds. The molecule has 1 saturated heterocycles. The standard InChI is InChI=1S/C13H22N2OS/c1-10-5-4-6-11(2)15(10)13(16)7-14-9-17-8-12(14)3/h8,10-11H,4-7,9H2,1-3H3. The van der Waals surface area contributed by atoms with E-state index in [2.05, 4.69) is 36.0 Å². The first-order valence-corrected chi connectivity index (χ1v) is 7.49. The van der Waals surface area contributed by atoms with Crippen LogP contribution in [-0.4, -0.2) is 40.2 Å². The molecule has 0 N–H and O–H groups in total. The quantitative estimate of drug-likeness (QED) is 0.757. The fraction of sp³-hybridized carbons (Fsp3) is 0.769. The fourth-order valence-electron chi connectivity index (χ4n) is 2.75. The lowest BCUT2D eigenvalue weighted by Gasteiger charge is -2.40. The van der Waals surface area contributed by atoms with Crippen molar-refractivity contribution >= 4 is 17.7 Å². The van der Waals surface area contributed by atoms with Gasteiger partial charge in [0.25, 0.3) is 0 Å². The second kappa shape index (κ2) is 5.34. The number of thioether (sulfide) groups is 1. The van der Waals surface area contributed by atoms with Crippen molar-refractivity contribution in [3.05, 3.63) is 11.1 Å². The van der Waals surface area contributed by atoms with E-state index >= 15 is 0 Å². The zero-order valence-corrected chi connectivity index (χ0v) is 11.8. The summed E-state index contributed by atoms with van der Waals surface area (Å²) in [6.07, 6.45) is 3.56. The Hall–Kier alpha value is -0.640. The molecule has 2 atom stereocenters. The third-order valence-electron chi connectivity index (χ3n) is 3.79. The first kappa shape index (κ1) is 12.8. The van der Waals surface area contributed by atoms with Gasteiger partial charge < -0.3 is 9.80 Å². The maximum absolute atomic E-state index is 12.4. The van der Waals surface area contributed by atoms with Crippen molar-refractivity contribution in [2.45, 2.75) is 52.1 Å². The molecule has 2 aliphatic heterocycles. The number of hydrogen-bond donors (Lipinski definition) is 0. The van der Waals surface area contributed by atoms with Crippen LogP contribution in [-0.2, 0) is 4.79 Å². The van der Waals surface area contributed by atoms with E-state index in [-0.39, 0.29) is 0 Å². The maximum atomic E-state index is 12.4. The summed E-state index contributed by atoms with van der Waals surface area (Å²) in [7, 11) is 0. The van der Waals surface area contributed by atoms with Gasteiger partial charge in [0, 0.05) is 17.8 Å². The summed E-state index contributed by atoms with van der Waals surface area (Å²) in [5.41, 5.74) is 1.22. The lowest BCUT2D eigenvalue weighted by molar-refractivity contribution is -0.137. The molecule has 96 valence electrons. The molecule has 0 spiro atoms. The van der Waals surface area contributed by atoms with E-state index in [9.17, 15) is 4.79 Å². The molecule has 0 radical (unpaired) electrons. The number of likely N-dealkylation sites (tertiary alicyclic amines) is 1. The molecule has 0 bridgehead atoms. The smallest absolute Gasteiger partial charge is 0.242 e. The number of piperidine rings is 1. The van der Waals surface area contributed by atoms with Gasteiger partial charge in [0.15, 0.2) is 0 Å². The van der Waals surface area contributed by atoms with E-state index in [1.54, 1.807) is 11.8 Å². The fourth-order valence-corrected chi connectivity index (χ4v) is 3.69. The highest BCUT2D eigenvalue weighted by Crippen LogP contribution is 2.25. The van der Waals surface area contributed by atoms with Crippen LogP contribution < -0.4 is 0 Å². The molecule has 2 unspecified atom stereocenters. The molecule has 2 aliphatic rings. The SMILES string of the molecule is CC1=CSCN1CC(=O)N1C(C)CCCC1C. The largest absolute Gasteiger partial charge is 0.356 e. The molecule has 17 heavy (non-hydrogen) atoms. The van der Waals surface area contributed by atoms with Crippen LogP contribution in [0.3, 0.4) is 0 Å². The summed E-state index contributed by atoms with van der Waals surface area (Å²) in [5.74, 6) is 1.22. The van der Waals surface area contributed by atoms with E-state index in [1.165, 1.54) is 12.1 Å². The summed E-state index contributed by atoms with van der Waals surface area (Å²) in [5, 5.41) is 2.14. The van der Waals surface area contributed by atoms with Crippen LogP contribution in [0, 0.1) is 0 Å². The molecular formula is C13H22N2OS. The monoisotopic (exact) mass is 254 g/mol. The minimum atomic E-state index is 0.292. The number of rotatable bonds is 2. The molecule has 4 heteroatoms. The van der Waals surface area contributed by atoms with E-state index < -0.39 is 0 Å². The predicted molar refractivity (Wildman–Crippen MR) is 72.5 cm³/mol. The number of nitrogens with zero attached hydrogens (tertiary/aromatic N) is 2. The summed E-state index contributed by atoms with van der Waals surface area (Å²) < 4.78 is 0. The van der Waals surface area contributed by atoms with Gasteiger partial charge >= 0.3 is 0 Å². The lowest BCUT2D eigenvalue weighted by Crippen LogP contribution is -2.50. The van der Waals surface area contributed by atoms with Crippen molar-refractivity contribution in [2.24, 2.45) is 0 Å². The molecule has 0 aromatic heterocycles. The average molecular weight is 254 g/mol. The topological polar surface area (TPSA) is 23.6 Å². The zero-order valence-electron chi connectivity index (χ0n) is 11.0. The lowest BCUT2D eigenvalue weighted by atomic mass is 9.97. The van der Waals surface area contributed by atoms with Gasteiger partial charge in [-0.15, -0.1) is 11.8 Å². The Kier molecular flexibility index (Phi) is 4.02. The summed E-state index contributed by atoms with van der Waals surface area (Å²) >= 11 is 1.77. The zero-order chi connectivity index (χ0) is 12.4. The number of carbonyl (C=O) groups excluding carboxylic acids is 1. The first-order valence-electron chi connectivity index (χ1n) is 6.44. The summed E-state index contributed by atoms with van der Waals surface area (Å²) in [4.78, 5) is 16.6. The highest BCUT2D eigenvalue weighted by atomic mass is 32.2. The van der Waals surface area contributed by atoms with Crippen molar-refractivity contribution < 1.29 is 4.79 Å². The van der Waals surface area contributed by atoms with Gasteiger partial charge in [-0.2, -0.15) is 0 Å². The van der Waals surface area contributed by atoms with Gasteiger partial charge in [-0.25, -0.2) is 0 Å². The van der Waals surface area contributed by atoms with E-state index in [4.69, 9.17) is 0 Å². The van der Waals surface area contributed by atoms with Crippen molar-refractivity contribution in [3.8, 4) is 0 Å². The number of allylic oxidation sites excluding steroid dienone is 1. The Morgan fingerprint density at radius 1 is 1.41 bits per heavy atom. The molecule has 0 aliphatic carbocycles. The van der Waals surface area contributed by atoms with Crippen LogP contribution in [0.5, 0.6) is 0 Å². The maximum Gasteiger partial charge on any atom is 0.242 e. The normalized spacial score (nSPS) is 29.5. The van der Waals surface area contributed by atoms with Gasteiger partial charge in [0.05, 0.1) is 12.4 Å². The summed E-state index contributed by atoms with van der Waals surface area (Å²) in [6, 6.07) is 0.816. The Balaban J connectivity index is 1.96. The molecule has 0 saturated carbocycles. The molecule has 0 aromatic carbocycles. The highest BCUT2D eigenvalue weighted by Gasteiger charge is 2.30. The third kappa shape index (κ3) is 2.79. The molecular weight excluding hydrogens is 232 g/mol. The van der Waals surface area contributed by atoms with E-state index in [1.807, 2.05) is 0 Å². The Morgan fingerprint density at radius 2 is 2.06 bits per heavy atom. The van der Waals surface area contributed by atoms with Gasteiger partial charge in [0.2, 0.25) is 5.91 Å². The van der Waals surface area contributed by atoms with Crippen LogP contribution in [0.15, 0.2) is 11.1 Å². The summed E-state index contributed by atoms with van der Waals surface area (Å²) in [6.45, 7) is 6.98. The van der Waals surface area contributed by atoms with Crippen molar-refractivity contribution in [3.63, 3.8) is 0 Å². The second-order valence-corrected chi connectivity index (χ2v) is 6.01.